The van der Waals surface area contributed by atoms with E-state index in [9.17, 15) is 9.59 Å². The number of amides is 2. The van der Waals surface area contributed by atoms with Crippen LogP contribution in [0, 0.1) is 5.92 Å². The Balaban J connectivity index is 2.41. The van der Waals surface area contributed by atoms with Gasteiger partial charge in [0.1, 0.15) is 9.88 Å². The zero-order valence-electron chi connectivity index (χ0n) is 11.9. The largest absolute Gasteiger partial charge is 0.397 e. The van der Waals surface area contributed by atoms with Gasteiger partial charge >= 0.3 is 0 Å². The molecule has 6 nitrogen and oxygen atoms in total. The van der Waals surface area contributed by atoms with Gasteiger partial charge in [0, 0.05) is 27.7 Å². The Morgan fingerprint density at radius 1 is 1.30 bits per heavy atom. The van der Waals surface area contributed by atoms with E-state index in [0.29, 0.717) is 16.4 Å². The first-order valence-corrected chi connectivity index (χ1v) is 7.38. The molecule has 2 rings (SSSR count). The summed E-state index contributed by atoms with van der Waals surface area (Å²) in [5, 5.41) is 5.90. The molecule has 0 unspecified atom stereocenters. The Labute approximate surface area is 122 Å². The number of anilines is 2. The van der Waals surface area contributed by atoms with Crippen LogP contribution in [0.4, 0.5) is 10.7 Å². The number of nitrogens with zero attached hydrogens (tertiary/aromatic N) is 1. The molecule has 0 aromatic carbocycles. The summed E-state index contributed by atoms with van der Waals surface area (Å²) in [5.74, 6) is 0.166. The van der Waals surface area contributed by atoms with Crippen LogP contribution in [0.3, 0.4) is 0 Å². The Hall–Kier alpha value is -1.76. The van der Waals surface area contributed by atoms with Gasteiger partial charge in [-0.05, 0) is 18.8 Å². The fourth-order valence-corrected chi connectivity index (χ4v) is 3.23. The minimum Gasteiger partial charge on any atom is -0.397 e. The highest BCUT2D eigenvalue weighted by atomic mass is 32.1. The number of thiophene rings is 1. The molecule has 110 valence electrons. The highest BCUT2D eigenvalue weighted by Gasteiger charge is 2.29. The van der Waals surface area contributed by atoms with Crippen LogP contribution in [0.15, 0.2) is 0 Å². The minimum atomic E-state index is -0.260. The maximum atomic E-state index is 12.0. The molecular weight excluding hydrogens is 276 g/mol. The summed E-state index contributed by atoms with van der Waals surface area (Å²) >= 11 is 1.27. The average Bonchev–Trinajstić information content (AvgIpc) is 3.18. The molecule has 1 aromatic heterocycles. The number of hydrogen-bond donors (Lipinski definition) is 3. The van der Waals surface area contributed by atoms with Crippen LogP contribution in [0.25, 0.3) is 0 Å². The van der Waals surface area contributed by atoms with Crippen molar-refractivity contribution in [3.05, 3.63) is 10.4 Å². The van der Waals surface area contributed by atoms with E-state index in [1.54, 1.807) is 14.1 Å². The lowest BCUT2D eigenvalue weighted by molar-refractivity contribution is 0.0963. The van der Waals surface area contributed by atoms with Crippen molar-refractivity contribution in [1.29, 1.82) is 0 Å². The van der Waals surface area contributed by atoms with Crippen molar-refractivity contribution in [2.75, 3.05) is 38.3 Å². The third kappa shape index (κ3) is 2.72. The number of carbonyl (C=O) groups is 2. The molecule has 0 spiro atoms. The fourth-order valence-electron chi connectivity index (χ4n) is 2.10. The molecule has 0 atom stereocenters. The number of carbonyl (C=O) groups excluding carboxylic acids is 2. The summed E-state index contributed by atoms with van der Waals surface area (Å²) in [6, 6.07) is 0. The molecule has 1 fully saturated rings. The Kier molecular flexibility index (Phi) is 4.17. The van der Waals surface area contributed by atoms with Gasteiger partial charge in [-0.25, -0.2) is 0 Å². The monoisotopic (exact) mass is 296 g/mol. The van der Waals surface area contributed by atoms with Gasteiger partial charge in [-0.1, -0.05) is 0 Å². The average molecular weight is 296 g/mol. The first-order chi connectivity index (χ1) is 9.49. The van der Waals surface area contributed by atoms with Gasteiger partial charge in [-0.15, -0.1) is 11.3 Å². The Morgan fingerprint density at radius 3 is 2.40 bits per heavy atom. The van der Waals surface area contributed by atoms with E-state index in [2.05, 4.69) is 10.6 Å². The van der Waals surface area contributed by atoms with Gasteiger partial charge in [0.15, 0.2) is 0 Å². The molecule has 0 bridgehead atoms. The Bertz CT molecular complexity index is 537. The summed E-state index contributed by atoms with van der Waals surface area (Å²) in [4.78, 5) is 26.3. The lowest BCUT2D eigenvalue weighted by Gasteiger charge is -2.18. The molecule has 2 amide bonds. The van der Waals surface area contributed by atoms with Gasteiger partial charge in [0.25, 0.3) is 11.8 Å². The lowest BCUT2D eigenvalue weighted by atomic mass is 10.2. The van der Waals surface area contributed by atoms with Crippen LogP contribution >= 0.6 is 11.3 Å². The third-order valence-electron chi connectivity index (χ3n) is 3.39. The number of rotatable bonds is 5. The first kappa shape index (κ1) is 14.6. The minimum absolute atomic E-state index is 0.256. The van der Waals surface area contributed by atoms with Crippen LogP contribution in [0.1, 0.15) is 32.9 Å². The maximum Gasteiger partial charge on any atom is 0.263 e. The van der Waals surface area contributed by atoms with Crippen LogP contribution in [-0.4, -0.2) is 39.5 Å². The van der Waals surface area contributed by atoms with Gasteiger partial charge < -0.3 is 21.3 Å². The molecule has 20 heavy (non-hydrogen) atoms. The molecular formula is C13H20N4O2S. The summed E-state index contributed by atoms with van der Waals surface area (Å²) in [7, 11) is 5.04. The predicted molar refractivity (Wildman–Crippen MR) is 81.5 cm³/mol. The van der Waals surface area contributed by atoms with Crippen LogP contribution in [-0.2, 0) is 0 Å². The van der Waals surface area contributed by atoms with Crippen LogP contribution < -0.4 is 21.3 Å². The van der Waals surface area contributed by atoms with E-state index >= 15 is 0 Å². The smallest absolute Gasteiger partial charge is 0.263 e. The van der Waals surface area contributed by atoms with E-state index in [1.165, 1.54) is 24.2 Å². The maximum absolute atomic E-state index is 12.0. The summed E-state index contributed by atoms with van der Waals surface area (Å²) < 4.78 is 0. The zero-order chi connectivity index (χ0) is 14.9. The third-order valence-corrected chi connectivity index (χ3v) is 4.71. The van der Waals surface area contributed by atoms with E-state index in [0.717, 1.165) is 11.5 Å². The topological polar surface area (TPSA) is 87.5 Å². The predicted octanol–water partition coefficient (Wildman–Crippen LogP) is 0.896. The van der Waals surface area contributed by atoms with Crippen molar-refractivity contribution >= 4 is 33.8 Å². The molecule has 0 radical (unpaired) electrons. The molecule has 0 saturated heterocycles. The fraction of sp³-hybridized carbons (Fsp3) is 0.538. The second-order valence-corrected chi connectivity index (χ2v) is 6.01. The standard InChI is InChI=1S/C13H20N4O2S/c1-15-11(18)8-9(14)10(12(19)16-2)20-13(8)17(3)6-7-4-5-7/h7H,4-6,14H2,1-3H3,(H,15,18)(H,16,19). The molecule has 1 aliphatic rings. The molecule has 7 heteroatoms. The highest BCUT2D eigenvalue weighted by molar-refractivity contribution is 7.19. The van der Waals surface area contributed by atoms with Gasteiger partial charge in [-0.3, -0.25) is 9.59 Å². The zero-order valence-corrected chi connectivity index (χ0v) is 12.8. The highest BCUT2D eigenvalue weighted by Crippen LogP contribution is 2.40. The van der Waals surface area contributed by atoms with Gasteiger partial charge in [0.2, 0.25) is 0 Å². The van der Waals surface area contributed by atoms with Crippen molar-refractivity contribution in [2.24, 2.45) is 5.92 Å². The van der Waals surface area contributed by atoms with E-state index in [4.69, 9.17) is 5.73 Å². The summed E-state index contributed by atoms with van der Waals surface area (Å²) in [5.41, 5.74) is 6.66. The van der Waals surface area contributed by atoms with Crippen molar-refractivity contribution in [3.63, 3.8) is 0 Å². The Morgan fingerprint density at radius 2 is 1.90 bits per heavy atom. The normalized spacial score (nSPS) is 13.9. The molecule has 0 aliphatic heterocycles. The van der Waals surface area contributed by atoms with E-state index < -0.39 is 0 Å². The van der Waals surface area contributed by atoms with Crippen molar-refractivity contribution < 1.29 is 9.59 Å². The second-order valence-electron chi connectivity index (χ2n) is 5.01. The molecule has 1 aliphatic carbocycles. The SMILES string of the molecule is CNC(=O)c1sc(N(C)CC2CC2)c(C(=O)NC)c1N. The first-order valence-electron chi connectivity index (χ1n) is 6.57. The van der Waals surface area contributed by atoms with Crippen LogP contribution in [0.5, 0.6) is 0 Å². The lowest BCUT2D eigenvalue weighted by Crippen LogP contribution is -2.25. The molecule has 1 heterocycles. The number of nitrogen functional groups attached to an aromatic ring is 1. The second kappa shape index (κ2) is 5.70. The number of nitrogens with one attached hydrogen (secondary N) is 2. The van der Waals surface area contributed by atoms with Gasteiger partial charge in [-0.2, -0.15) is 0 Å². The molecule has 4 N–H and O–H groups in total. The molecule has 1 aromatic rings. The number of nitrogens with two attached hydrogens (primary N) is 1. The van der Waals surface area contributed by atoms with Crippen LogP contribution in [0.2, 0.25) is 0 Å². The van der Waals surface area contributed by atoms with Crippen molar-refractivity contribution in [1.82, 2.24) is 10.6 Å². The van der Waals surface area contributed by atoms with E-state index in [1.807, 2.05) is 11.9 Å². The van der Waals surface area contributed by atoms with Crippen molar-refractivity contribution in [3.8, 4) is 0 Å². The van der Waals surface area contributed by atoms with Crippen molar-refractivity contribution in [2.45, 2.75) is 12.8 Å². The summed E-state index contributed by atoms with van der Waals surface area (Å²) in [6.07, 6.45) is 2.45. The van der Waals surface area contributed by atoms with E-state index in [-0.39, 0.29) is 17.5 Å². The number of hydrogen-bond acceptors (Lipinski definition) is 5. The van der Waals surface area contributed by atoms with Gasteiger partial charge in [0.05, 0.1) is 11.3 Å². The quantitative estimate of drug-likeness (QED) is 0.753. The molecule has 1 saturated carbocycles. The summed E-state index contributed by atoms with van der Waals surface area (Å²) in [6.45, 7) is 0.886.